The fourth-order valence-corrected chi connectivity index (χ4v) is 1.82. The minimum Gasteiger partial charge on any atom is -0.497 e. The Labute approximate surface area is 114 Å². The number of hydrogen-bond donors (Lipinski definition) is 1. The summed E-state index contributed by atoms with van der Waals surface area (Å²) < 4.78 is 5.13. The number of aromatic nitrogens is 1. The predicted octanol–water partition coefficient (Wildman–Crippen LogP) is 2.58. The third kappa shape index (κ3) is 2.82. The summed E-state index contributed by atoms with van der Waals surface area (Å²) in [4.78, 5) is 26.6. The largest absolute Gasteiger partial charge is 0.497 e. The standard InChI is InChI=1S/C13H11ClN2O3/c1-7(17)15-11-6-12(13(14)18)16-10-4-3-8(19-2)5-9(10)11/h3-6H,1-2H3,(H,15,16,17). The summed E-state index contributed by atoms with van der Waals surface area (Å²) in [6, 6.07) is 6.59. The van der Waals surface area contributed by atoms with Crippen LogP contribution in [0.4, 0.5) is 5.69 Å². The van der Waals surface area contributed by atoms with Gasteiger partial charge >= 0.3 is 0 Å². The molecule has 1 heterocycles. The molecule has 2 rings (SSSR count). The molecule has 0 saturated heterocycles. The first-order chi connectivity index (χ1) is 9.01. The predicted molar refractivity (Wildman–Crippen MR) is 72.8 cm³/mol. The Kier molecular flexibility index (Phi) is 3.66. The summed E-state index contributed by atoms with van der Waals surface area (Å²) in [5.74, 6) is 0.383. The molecule has 0 aliphatic rings. The number of carbonyl (C=O) groups is 2. The van der Waals surface area contributed by atoms with E-state index in [0.717, 1.165) is 0 Å². The van der Waals surface area contributed by atoms with Crippen molar-refractivity contribution >= 4 is 39.3 Å². The lowest BCUT2D eigenvalue weighted by atomic mass is 10.1. The van der Waals surface area contributed by atoms with Crippen LogP contribution in [0.5, 0.6) is 5.75 Å². The molecular formula is C13H11ClN2O3. The molecule has 1 aromatic carbocycles. The van der Waals surface area contributed by atoms with Crippen LogP contribution in [0.3, 0.4) is 0 Å². The van der Waals surface area contributed by atoms with E-state index in [1.165, 1.54) is 13.0 Å². The van der Waals surface area contributed by atoms with Gasteiger partial charge in [0.05, 0.1) is 18.3 Å². The molecule has 5 nitrogen and oxygen atoms in total. The highest BCUT2D eigenvalue weighted by Crippen LogP contribution is 2.27. The van der Waals surface area contributed by atoms with E-state index in [9.17, 15) is 9.59 Å². The highest BCUT2D eigenvalue weighted by atomic mass is 35.5. The van der Waals surface area contributed by atoms with E-state index in [-0.39, 0.29) is 11.6 Å². The van der Waals surface area contributed by atoms with Gasteiger partial charge in [0.15, 0.2) is 0 Å². The van der Waals surface area contributed by atoms with Crippen LogP contribution in [0.15, 0.2) is 24.3 Å². The van der Waals surface area contributed by atoms with Gasteiger partial charge in [-0.2, -0.15) is 0 Å². The third-order valence-electron chi connectivity index (χ3n) is 2.53. The number of pyridine rings is 1. The third-order valence-corrected chi connectivity index (χ3v) is 2.72. The molecule has 0 bridgehead atoms. The quantitative estimate of drug-likeness (QED) is 0.876. The first-order valence-corrected chi connectivity index (χ1v) is 5.85. The zero-order valence-electron chi connectivity index (χ0n) is 10.4. The Balaban J connectivity index is 2.70. The molecule has 0 fully saturated rings. The Morgan fingerprint density at radius 1 is 1.32 bits per heavy atom. The van der Waals surface area contributed by atoms with E-state index in [1.54, 1.807) is 25.3 Å². The number of hydrogen-bond acceptors (Lipinski definition) is 4. The first kappa shape index (κ1) is 13.3. The molecule has 0 saturated carbocycles. The molecule has 0 radical (unpaired) electrons. The molecule has 0 unspecified atom stereocenters. The Bertz CT molecular complexity index is 670. The molecular weight excluding hydrogens is 268 g/mol. The van der Waals surface area contributed by atoms with Gasteiger partial charge < -0.3 is 10.1 Å². The topological polar surface area (TPSA) is 68.3 Å². The zero-order valence-corrected chi connectivity index (χ0v) is 11.1. The fraction of sp³-hybridized carbons (Fsp3) is 0.154. The van der Waals surface area contributed by atoms with Crippen LogP contribution in [0.1, 0.15) is 17.4 Å². The van der Waals surface area contributed by atoms with Crippen molar-refractivity contribution in [2.24, 2.45) is 0 Å². The van der Waals surface area contributed by atoms with Gasteiger partial charge in [0.2, 0.25) is 5.91 Å². The molecule has 19 heavy (non-hydrogen) atoms. The summed E-state index contributed by atoms with van der Waals surface area (Å²) >= 11 is 5.43. The lowest BCUT2D eigenvalue weighted by Gasteiger charge is -2.09. The van der Waals surface area contributed by atoms with Gasteiger partial charge in [-0.05, 0) is 35.9 Å². The van der Waals surface area contributed by atoms with Gasteiger partial charge in [0.25, 0.3) is 5.24 Å². The number of carbonyl (C=O) groups excluding carboxylic acids is 2. The minimum atomic E-state index is -0.677. The van der Waals surface area contributed by atoms with Gasteiger partial charge in [-0.15, -0.1) is 0 Å². The maximum Gasteiger partial charge on any atom is 0.270 e. The number of nitrogens with one attached hydrogen (secondary N) is 1. The highest BCUT2D eigenvalue weighted by molar-refractivity contribution is 6.67. The number of fused-ring (bicyclic) bond motifs is 1. The molecule has 2 aromatic rings. The SMILES string of the molecule is COc1ccc2nc(C(=O)Cl)cc(NC(C)=O)c2c1. The second-order valence-electron chi connectivity index (χ2n) is 3.89. The normalized spacial score (nSPS) is 10.3. The van der Waals surface area contributed by atoms with E-state index >= 15 is 0 Å². The van der Waals surface area contributed by atoms with Crippen molar-refractivity contribution < 1.29 is 14.3 Å². The number of nitrogens with zero attached hydrogens (tertiary/aromatic N) is 1. The van der Waals surface area contributed by atoms with Crippen LogP contribution in [-0.4, -0.2) is 23.2 Å². The summed E-state index contributed by atoms with van der Waals surface area (Å²) in [6.45, 7) is 1.38. The fourth-order valence-electron chi connectivity index (χ4n) is 1.73. The van der Waals surface area contributed by atoms with Crippen LogP contribution in [-0.2, 0) is 4.79 Å². The smallest absolute Gasteiger partial charge is 0.270 e. The molecule has 1 N–H and O–H groups in total. The molecule has 0 spiro atoms. The molecule has 1 aromatic heterocycles. The number of halogens is 1. The van der Waals surface area contributed by atoms with Crippen molar-refractivity contribution in [2.45, 2.75) is 6.92 Å². The van der Waals surface area contributed by atoms with Gasteiger partial charge in [-0.1, -0.05) is 0 Å². The Hall–Kier alpha value is -2.14. The van der Waals surface area contributed by atoms with E-state index in [4.69, 9.17) is 16.3 Å². The van der Waals surface area contributed by atoms with Crippen molar-refractivity contribution in [3.8, 4) is 5.75 Å². The molecule has 0 aliphatic carbocycles. The average Bonchev–Trinajstić information content (AvgIpc) is 2.37. The van der Waals surface area contributed by atoms with Crippen LogP contribution in [0.25, 0.3) is 10.9 Å². The van der Waals surface area contributed by atoms with Crippen LogP contribution in [0.2, 0.25) is 0 Å². The lowest BCUT2D eigenvalue weighted by Crippen LogP contribution is -2.08. The second kappa shape index (κ2) is 5.24. The summed E-state index contributed by atoms with van der Waals surface area (Å²) in [7, 11) is 1.54. The van der Waals surface area contributed by atoms with E-state index in [2.05, 4.69) is 10.3 Å². The second-order valence-corrected chi connectivity index (χ2v) is 4.24. The average molecular weight is 279 g/mol. The van der Waals surface area contributed by atoms with Crippen molar-refractivity contribution in [1.29, 1.82) is 0 Å². The minimum absolute atomic E-state index is 0.0862. The number of rotatable bonds is 3. The maximum absolute atomic E-state index is 11.2. The molecule has 6 heteroatoms. The van der Waals surface area contributed by atoms with Gasteiger partial charge in [-0.3, -0.25) is 9.59 Å². The van der Waals surface area contributed by atoms with Crippen molar-refractivity contribution in [1.82, 2.24) is 4.98 Å². The van der Waals surface area contributed by atoms with Crippen LogP contribution in [0, 0.1) is 0 Å². The number of amides is 1. The van der Waals surface area contributed by atoms with Crippen molar-refractivity contribution in [3.63, 3.8) is 0 Å². The lowest BCUT2D eigenvalue weighted by molar-refractivity contribution is -0.114. The maximum atomic E-state index is 11.2. The van der Waals surface area contributed by atoms with Gasteiger partial charge in [-0.25, -0.2) is 4.98 Å². The van der Waals surface area contributed by atoms with E-state index in [1.807, 2.05) is 0 Å². The number of benzene rings is 1. The molecule has 0 atom stereocenters. The highest BCUT2D eigenvalue weighted by Gasteiger charge is 2.11. The van der Waals surface area contributed by atoms with Gasteiger partial charge in [0, 0.05) is 12.3 Å². The summed E-state index contributed by atoms with van der Waals surface area (Å²) in [6.07, 6.45) is 0. The van der Waals surface area contributed by atoms with Crippen LogP contribution >= 0.6 is 11.6 Å². The molecule has 1 amide bonds. The summed E-state index contributed by atoms with van der Waals surface area (Å²) in [5.41, 5.74) is 1.11. The first-order valence-electron chi connectivity index (χ1n) is 5.47. The number of methoxy groups -OCH3 is 1. The van der Waals surface area contributed by atoms with Gasteiger partial charge in [0.1, 0.15) is 11.4 Å². The Morgan fingerprint density at radius 3 is 2.63 bits per heavy atom. The zero-order chi connectivity index (χ0) is 14.0. The van der Waals surface area contributed by atoms with Crippen molar-refractivity contribution in [3.05, 3.63) is 30.0 Å². The number of anilines is 1. The summed E-state index contributed by atoms with van der Waals surface area (Å²) in [5, 5.41) is 2.65. The molecule has 0 aliphatic heterocycles. The Morgan fingerprint density at radius 2 is 2.05 bits per heavy atom. The molecule has 98 valence electrons. The van der Waals surface area contributed by atoms with E-state index in [0.29, 0.717) is 22.3 Å². The van der Waals surface area contributed by atoms with Crippen molar-refractivity contribution in [2.75, 3.05) is 12.4 Å². The van der Waals surface area contributed by atoms with Crippen LogP contribution < -0.4 is 10.1 Å². The monoisotopic (exact) mass is 278 g/mol. The number of ether oxygens (including phenoxy) is 1. The van der Waals surface area contributed by atoms with E-state index < -0.39 is 5.24 Å².